The Hall–Kier alpha value is -2.44. The van der Waals surface area contributed by atoms with E-state index in [1.807, 2.05) is 13.0 Å². The number of aromatic amines is 1. The second-order valence-corrected chi connectivity index (χ2v) is 5.77. The van der Waals surface area contributed by atoms with E-state index in [1.54, 1.807) is 31.5 Å². The first kappa shape index (κ1) is 14.5. The zero-order valence-electron chi connectivity index (χ0n) is 13.1. The van der Waals surface area contributed by atoms with Gasteiger partial charge in [0.15, 0.2) is 0 Å². The molecule has 0 radical (unpaired) electrons. The van der Waals surface area contributed by atoms with Gasteiger partial charge in [0, 0.05) is 32.4 Å². The van der Waals surface area contributed by atoms with Crippen molar-refractivity contribution < 1.29 is 4.79 Å². The maximum absolute atomic E-state index is 12.3. The van der Waals surface area contributed by atoms with Crippen LogP contribution in [0.25, 0.3) is 0 Å². The molecule has 7 heteroatoms. The van der Waals surface area contributed by atoms with Crippen molar-refractivity contribution in [2.45, 2.75) is 25.8 Å². The van der Waals surface area contributed by atoms with Gasteiger partial charge in [-0.3, -0.25) is 9.89 Å². The number of hydrogen-bond donors (Lipinski definition) is 1. The summed E-state index contributed by atoms with van der Waals surface area (Å²) in [7, 11) is 3.50. The average Bonchev–Trinajstić information content (AvgIpc) is 3.14. The number of nitrogens with one attached hydrogen (secondary N) is 1. The van der Waals surface area contributed by atoms with Crippen LogP contribution in [-0.4, -0.2) is 51.6 Å². The molecule has 1 saturated heterocycles. The molecule has 7 nitrogen and oxygen atoms in total. The summed E-state index contributed by atoms with van der Waals surface area (Å²) in [5.41, 5.74) is 2.44. The van der Waals surface area contributed by atoms with Crippen LogP contribution in [0.2, 0.25) is 0 Å². The Morgan fingerprint density at radius 3 is 2.95 bits per heavy atom. The lowest BCUT2D eigenvalue weighted by Gasteiger charge is -2.26. The van der Waals surface area contributed by atoms with Gasteiger partial charge in [0.05, 0.1) is 23.5 Å². The quantitative estimate of drug-likeness (QED) is 0.930. The highest BCUT2D eigenvalue weighted by molar-refractivity contribution is 5.95. The topological polar surface area (TPSA) is 78.0 Å². The van der Waals surface area contributed by atoms with E-state index < -0.39 is 0 Å². The lowest BCUT2D eigenvalue weighted by atomic mass is 10.1. The molecule has 1 aliphatic rings. The van der Waals surface area contributed by atoms with Gasteiger partial charge < -0.3 is 9.80 Å². The van der Waals surface area contributed by atoms with Crippen molar-refractivity contribution in [1.82, 2.24) is 25.1 Å². The number of anilines is 1. The molecule has 0 saturated carbocycles. The highest BCUT2D eigenvalue weighted by Gasteiger charge is 2.32. The zero-order chi connectivity index (χ0) is 15.7. The van der Waals surface area contributed by atoms with Crippen molar-refractivity contribution in [1.29, 1.82) is 0 Å². The fraction of sp³-hybridized carbons (Fsp3) is 0.467. The van der Waals surface area contributed by atoms with E-state index >= 15 is 0 Å². The highest BCUT2D eigenvalue weighted by Crippen LogP contribution is 2.35. The predicted molar refractivity (Wildman–Crippen MR) is 82.7 cm³/mol. The maximum Gasteiger partial charge on any atom is 0.256 e. The molecule has 2 aromatic heterocycles. The molecule has 0 spiro atoms. The van der Waals surface area contributed by atoms with Crippen LogP contribution in [0.3, 0.4) is 0 Å². The highest BCUT2D eigenvalue weighted by atomic mass is 16.2. The lowest BCUT2D eigenvalue weighted by Crippen LogP contribution is -2.28. The second kappa shape index (κ2) is 5.75. The molecule has 0 aliphatic carbocycles. The van der Waals surface area contributed by atoms with Crippen LogP contribution in [-0.2, 0) is 0 Å². The minimum Gasteiger partial charge on any atom is -0.348 e. The van der Waals surface area contributed by atoms with E-state index in [2.05, 4.69) is 25.1 Å². The summed E-state index contributed by atoms with van der Waals surface area (Å²) in [5.74, 6) is 0.863. The summed E-state index contributed by atoms with van der Waals surface area (Å²) in [4.78, 5) is 24.6. The van der Waals surface area contributed by atoms with Crippen molar-refractivity contribution >= 4 is 11.7 Å². The molecule has 22 heavy (non-hydrogen) atoms. The summed E-state index contributed by atoms with van der Waals surface area (Å²) in [6.45, 7) is 2.86. The van der Waals surface area contributed by atoms with E-state index in [1.165, 1.54) is 0 Å². The molecular weight excluding hydrogens is 280 g/mol. The number of amides is 1. The zero-order valence-corrected chi connectivity index (χ0v) is 13.1. The van der Waals surface area contributed by atoms with E-state index in [9.17, 15) is 4.79 Å². The third-order valence-corrected chi connectivity index (χ3v) is 3.98. The number of carbonyl (C=O) groups excluding carboxylic acids is 1. The van der Waals surface area contributed by atoms with Gasteiger partial charge in [0.2, 0.25) is 0 Å². The molecule has 0 aromatic carbocycles. The number of hydrogen-bond acceptors (Lipinski definition) is 5. The fourth-order valence-corrected chi connectivity index (χ4v) is 2.90. The molecule has 1 unspecified atom stereocenters. The number of H-pyrrole nitrogens is 1. The molecule has 2 aromatic rings. The second-order valence-electron chi connectivity index (χ2n) is 5.77. The lowest BCUT2D eigenvalue weighted by molar-refractivity contribution is 0.0826. The summed E-state index contributed by atoms with van der Waals surface area (Å²) in [6, 6.07) is 2.07. The fourth-order valence-electron chi connectivity index (χ4n) is 2.90. The summed E-state index contributed by atoms with van der Waals surface area (Å²) in [6.07, 6.45) is 5.22. The smallest absolute Gasteiger partial charge is 0.256 e. The Morgan fingerprint density at radius 2 is 2.23 bits per heavy atom. The van der Waals surface area contributed by atoms with Gasteiger partial charge in [0.1, 0.15) is 12.1 Å². The average molecular weight is 300 g/mol. The maximum atomic E-state index is 12.3. The first-order valence-corrected chi connectivity index (χ1v) is 7.38. The number of nitrogens with zero attached hydrogens (tertiary/aromatic N) is 5. The largest absolute Gasteiger partial charge is 0.348 e. The first-order chi connectivity index (χ1) is 10.6. The van der Waals surface area contributed by atoms with E-state index in [-0.39, 0.29) is 11.9 Å². The van der Waals surface area contributed by atoms with Crippen molar-refractivity contribution in [2.75, 3.05) is 25.5 Å². The minimum absolute atomic E-state index is 0.0329. The molecule has 1 aliphatic heterocycles. The Balaban J connectivity index is 1.94. The van der Waals surface area contributed by atoms with Gasteiger partial charge in [-0.2, -0.15) is 5.10 Å². The van der Waals surface area contributed by atoms with Crippen molar-refractivity contribution in [3.8, 4) is 0 Å². The van der Waals surface area contributed by atoms with Crippen LogP contribution in [0.5, 0.6) is 0 Å². The number of rotatable bonds is 3. The van der Waals surface area contributed by atoms with Gasteiger partial charge >= 0.3 is 0 Å². The van der Waals surface area contributed by atoms with Gasteiger partial charge in [-0.15, -0.1) is 0 Å². The Bertz CT molecular complexity index is 680. The first-order valence-electron chi connectivity index (χ1n) is 7.38. The van der Waals surface area contributed by atoms with E-state index in [0.29, 0.717) is 5.56 Å². The van der Waals surface area contributed by atoms with Gasteiger partial charge in [0.25, 0.3) is 5.91 Å². The molecule has 1 amide bonds. The number of aromatic nitrogens is 4. The number of carbonyl (C=O) groups is 1. The monoisotopic (exact) mass is 300 g/mol. The molecule has 116 valence electrons. The summed E-state index contributed by atoms with van der Waals surface area (Å²) >= 11 is 0. The normalized spacial score (nSPS) is 17.8. The van der Waals surface area contributed by atoms with E-state index in [4.69, 9.17) is 0 Å². The van der Waals surface area contributed by atoms with E-state index in [0.717, 1.165) is 36.6 Å². The van der Waals surface area contributed by atoms with Crippen LogP contribution < -0.4 is 4.90 Å². The van der Waals surface area contributed by atoms with Gasteiger partial charge in [-0.25, -0.2) is 9.97 Å². The summed E-state index contributed by atoms with van der Waals surface area (Å²) in [5, 5.41) is 7.10. The molecule has 1 fully saturated rings. The van der Waals surface area contributed by atoms with Crippen LogP contribution in [0, 0.1) is 6.92 Å². The Kier molecular flexibility index (Phi) is 3.79. The third-order valence-electron chi connectivity index (χ3n) is 3.98. The molecule has 1 atom stereocenters. The van der Waals surface area contributed by atoms with Crippen LogP contribution in [0.15, 0.2) is 18.6 Å². The van der Waals surface area contributed by atoms with Gasteiger partial charge in [-0.05, 0) is 19.8 Å². The molecule has 0 bridgehead atoms. The SMILES string of the molecule is Cc1cc(N2CCCC2c2[nH]ncc2C(=O)N(C)C)ncn1. The third kappa shape index (κ3) is 2.54. The standard InChI is InChI=1S/C15H20N6O/c1-10-7-13(17-9-16-10)21-6-4-5-12(21)14-11(8-18-19-14)15(22)20(2)3/h7-9,12H,4-6H2,1-3H3,(H,18,19). The molecular formula is C15H20N6O. The van der Waals surface area contributed by atoms with Crippen LogP contribution >= 0.6 is 0 Å². The molecule has 3 rings (SSSR count). The summed E-state index contributed by atoms with van der Waals surface area (Å²) < 4.78 is 0. The van der Waals surface area contributed by atoms with Crippen molar-refractivity contribution in [3.05, 3.63) is 35.5 Å². The van der Waals surface area contributed by atoms with Gasteiger partial charge in [-0.1, -0.05) is 0 Å². The molecule has 3 heterocycles. The van der Waals surface area contributed by atoms with Crippen LogP contribution in [0.1, 0.15) is 40.6 Å². The molecule has 1 N–H and O–H groups in total. The minimum atomic E-state index is -0.0329. The van der Waals surface area contributed by atoms with Crippen molar-refractivity contribution in [3.63, 3.8) is 0 Å². The number of aryl methyl sites for hydroxylation is 1. The Morgan fingerprint density at radius 1 is 1.41 bits per heavy atom. The van der Waals surface area contributed by atoms with Crippen molar-refractivity contribution in [2.24, 2.45) is 0 Å². The predicted octanol–water partition coefficient (Wildman–Crippen LogP) is 1.55. The Labute approximate surface area is 129 Å². The van der Waals surface area contributed by atoms with Crippen LogP contribution in [0.4, 0.5) is 5.82 Å².